The summed E-state index contributed by atoms with van der Waals surface area (Å²) in [7, 11) is 0. The molecule has 114 valence electrons. The molecule has 0 aliphatic carbocycles. The van der Waals surface area contributed by atoms with Gasteiger partial charge in [0, 0.05) is 32.0 Å². The molecule has 1 unspecified atom stereocenters. The monoisotopic (exact) mass is 288 g/mol. The van der Waals surface area contributed by atoms with Crippen LogP contribution in [-0.2, 0) is 4.74 Å². The number of carbonyl (C=O) groups is 1. The van der Waals surface area contributed by atoms with E-state index >= 15 is 0 Å². The first-order valence-electron chi connectivity index (χ1n) is 7.93. The quantitative estimate of drug-likeness (QED) is 0.907. The topological polar surface area (TPSA) is 41.6 Å². The van der Waals surface area contributed by atoms with Crippen LogP contribution in [0.4, 0.5) is 10.5 Å². The van der Waals surface area contributed by atoms with Crippen LogP contribution in [0.5, 0.6) is 0 Å². The summed E-state index contributed by atoms with van der Waals surface area (Å²) in [4.78, 5) is 14.4. The normalized spacial score (nSPS) is 23.3. The number of hydrogen-bond acceptors (Lipinski definition) is 2. The summed E-state index contributed by atoms with van der Waals surface area (Å²) in [6.45, 7) is 5.56. The Morgan fingerprint density at radius 3 is 2.71 bits per heavy atom. The van der Waals surface area contributed by atoms with Crippen LogP contribution < -0.4 is 5.32 Å². The molecule has 0 spiro atoms. The number of para-hydroxylation sites is 1. The van der Waals surface area contributed by atoms with Gasteiger partial charge in [-0.2, -0.15) is 0 Å². The van der Waals surface area contributed by atoms with Crippen molar-refractivity contribution in [2.45, 2.75) is 26.2 Å². The number of amides is 2. The lowest BCUT2D eigenvalue weighted by atomic mass is 9.85. The summed E-state index contributed by atoms with van der Waals surface area (Å²) >= 11 is 0. The molecule has 2 aliphatic heterocycles. The van der Waals surface area contributed by atoms with Crippen LogP contribution in [0.3, 0.4) is 0 Å². The van der Waals surface area contributed by atoms with Crippen LogP contribution in [0.2, 0.25) is 0 Å². The molecule has 2 heterocycles. The van der Waals surface area contributed by atoms with Crippen LogP contribution in [-0.4, -0.2) is 37.2 Å². The molecule has 2 saturated heterocycles. The maximum Gasteiger partial charge on any atom is 0.321 e. The Morgan fingerprint density at radius 2 is 1.95 bits per heavy atom. The van der Waals surface area contributed by atoms with Crippen molar-refractivity contribution >= 4 is 11.7 Å². The van der Waals surface area contributed by atoms with Gasteiger partial charge >= 0.3 is 6.03 Å². The number of urea groups is 1. The van der Waals surface area contributed by atoms with Crippen molar-refractivity contribution in [1.82, 2.24) is 4.90 Å². The van der Waals surface area contributed by atoms with E-state index in [1.165, 1.54) is 0 Å². The number of nitrogens with zero attached hydrogens (tertiary/aromatic N) is 1. The first-order chi connectivity index (χ1) is 10.2. The summed E-state index contributed by atoms with van der Waals surface area (Å²) in [6.07, 6.45) is 3.43. The number of ether oxygens (including phenoxy) is 1. The van der Waals surface area contributed by atoms with Crippen molar-refractivity contribution in [1.29, 1.82) is 0 Å². The molecule has 1 N–H and O–H groups in total. The van der Waals surface area contributed by atoms with E-state index in [0.717, 1.165) is 62.7 Å². The van der Waals surface area contributed by atoms with Crippen molar-refractivity contribution in [2.24, 2.45) is 11.8 Å². The van der Waals surface area contributed by atoms with E-state index in [2.05, 4.69) is 5.32 Å². The lowest BCUT2D eigenvalue weighted by Crippen LogP contribution is -2.34. The standard InChI is InChI=1S/C17H24N2O2/c1-13-4-2-3-5-16(13)18-17(20)19-9-6-15(12-19)14-7-10-21-11-8-14/h2-5,14-15H,6-12H2,1H3,(H,18,20). The maximum atomic E-state index is 12.4. The van der Waals surface area contributed by atoms with Crippen LogP contribution in [0.15, 0.2) is 24.3 Å². The SMILES string of the molecule is Cc1ccccc1NC(=O)N1CCC(C2CCOCC2)C1. The van der Waals surface area contributed by atoms with Crippen LogP contribution in [0, 0.1) is 18.8 Å². The molecule has 0 bridgehead atoms. The average Bonchev–Trinajstić information content (AvgIpc) is 3.00. The maximum absolute atomic E-state index is 12.4. The van der Waals surface area contributed by atoms with E-state index in [1.54, 1.807) is 0 Å². The second kappa shape index (κ2) is 6.48. The third-order valence-electron chi connectivity index (χ3n) is 4.83. The van der Waals surface area contributed by atoms with Gasteiger partial charge in [0.15, 0.2) is 0 Å². The van der Waals surface area contributed by atoms with Crippen LogP contribution in [0.1, 0.15) is 24.8 Å². The largest absolute Gasteiger partial charge is 0.381 e. The number of hydrogen-bond donors (Lipinski definition) is 1. The summed E-state index contributed by atoms with van der Waals surface area (Å²) in [5, 5.41) is 3.04. The summed E-state index contributed by atoms with van der Waals surface area (Å²) in [5.74, 6) is 1.38. The molecule has 0 saturated carbocycles. The molecule has 4 heteroatoms. The van der Waals surface area contributed by atoms with E-state index < -0.39 is 0 Å². The van der Waals surface area contributed by atoms with E-state index in [0.29, 0.717) is 5.92 Å². The Bertz CT molecular complexity index is 497. The Hall–Kier alpha value is -1.55. The number of benzene rings is 1. The predicted octanol–water partition coefficient (Wildman–Crippen LogP) is 3.28. The minimum atomic E-state index is 0.0406. The molecular weight excluding hydrogens is 264 g/mol. The minimum absolute atomic E-state index is 0.0406. The number of anilines is 1. The first kappa shape index (κ1) is 14.4. The zero-order valence-electron chi connectivity index (χ0n) is 12.7. The highest BCUT2D eigenvalue weighted by atomic mass is 16.5. The third kappa shape index (κ3) is 3.38. The zero-order valence-corrected chi connectivity index (χ0v) is 12.7. The van der Waals surface area contributed by atoms with Crippen molar-refractivity contribution in [3.05, 3.63) is 29.8 Å². The Morgan fingerprint density at radius 1 is 1.19 bits per heavy atom. The van der Waals surface area contributed by atoms with Gasteiger partial charge in [-0.05, 0) is 49.7 Å². The Balaban J connectivity index is 1.55. The van der Waals surface area contributed by atoms with E-state index in [-0.39, 0.29) is 6.03 Å². The number of aryl methyl sites for hydroxylation is 1. The molecule has 0 radical (unpaired) electrons. The van der Waals surface area contributed by atoms with Gasteiger partial charge < -0.3 is 15.0 Å². The van der Waals surface area contributed by atoms with Gasteiger partial charge in [0.25, 0.3) is 0 Å². The molecule has 1 aromatic carbocycles. The second-order valence-electron chi connectivity index (χ2n) is 6.19. The lowest BCUT2D eigenvalue weighted by molar-refractivity contribution is 0.0485. The molecule has 2 amide bonds. The molecule has 0 aromatic heterocycles. The van der Waals surface area contributed by atoms with Gasteiger partial charge in [-0.1, -0.05) is 18.2 Å². The summed E-state index contributed by atoms with van der Waals surface area (Å²) < 4.78 is 5.43. The summed E-state index contributed by atoms with van der Waals surface area (Å²) in [5.41, 5.74) is 2.02. The fraction of sp³-hybridized carbons (Fsp3) is 0.588. The fourth-order valence-electron chi connectivity index (χ4n) is 3.45. The molecule has 21 heavy (non-hydrogen) atoms. The molecular formula is C17H24N2O2. The number of carbonyl (C=O) groups excluding carboxylic acids is 1. The van der Waals surface area contributed by atoms with Crippen LogP contribution >= 0.6 is 0 Å². The van der Waals surface area contributed by atoms with Crippen molar-refractivity contribution < 1.29 is 9.53 Å². The highest BCUT2D eigenvalue weighted by Crippen LogP contribution is 2.31. The van der Waals surface area contributed by atoms with Gasteiger partial charge in [0.05, 0.1) is 0 Å². The zero-order chi connectivity index (χ0) is 14.7. The summed E-state index contributed by atoms with van der Waals surface area (Å²) in [6, 6.07) is 7.96. The number of likely N-dealkylation sites (tertiary alicyclic amines) is 1. The molecule has 1 atom stereocenters. The van der Waals surface area contributed by atoms with Gasteiger partial charge in [-0.3, -0.25) is 0 Å². The second-order valence-corrected chi connectivity index (χ2v) is 6.19. The molecule has 2 fully saturated rings. The Kier molecular flexibility index (Phi) is 4.44. The van der Waals surface area contributed by atoms with Crippen LogP contribution in [0.25, 0.3) is 0 Å². The number of nitrogens with one attached hydrogen (secondary N) is 1. The fourth-order valence-corrected chi connectivity index (χ4v) is 3.45. The smallest absolute Gasteiger partial charge is 0.321 e. The van der Waals surface area contributed by atoms with Gasteiger partial charge in [0.2, 0.25) is 0 Å². The van der Waals surface area contributed by atoms with Crippen molar-refractivity contribution in [3.8, 4) is 0 Å². The van der Waals surface area contributed by atoms with Crippen molar-refractivity contribution in [2.75, 3.05) is 31.6 Å². The Labute approximate surface area is 126 Å². The molecule has 2 aliphatic rings. The highest BCUT2D eigenvalue weighted by Gasteiger charge is 2.32. The first-order valence-corrected chi connectivity index (χ1v) is 7.93. The van der Waals surface area contributed by atoms with E-state index in [4.69, 9.17) is 4.74 Å². The number of rotatable bonds is 2. The van der Waals surface area contributed by atoms with Gasteiger partial charge in [-0.15, -0.1) is 0 Å². The highest BCUT2D eigenvalue weighted by molar-refractivity contribution is 5.90. The van der Waals surface area contributed by atoms with Gasteiger partial charge in [-0.25, -0.2) is 4.79 Å². The van der Waals surface area contributed by atoms with E-state index in [1.807, 2.05) is 36.1 Å². The molecule has 4 nitrogen and oxygen atoms in total. The predicted molar refractivity (Wildman–Crippen MR) is 83.4 cm³/mol. The minimum Gasteiger partial charge on any atom is -0.381 e. The average molecular weight is 288 g/mol. The molecule has 3 rings (SSSR count). The van der Waals surface area contributed by atoms with E-state index in [9.17, 15) is 4.79 Å². The van der Waals surface area contributed by atoms with Gasteiger partial charge in [0.1, 0.15) is 0 Å². The lowest BCUT2D eigenvalue weighted by Gasteiger charge is -2.27. The van der Waals surface area contributed by atoms with Crippen molar-refractivity contribution in [3.63, 3.8) is 0 Å². The third-order valence-corrected chi connectivity index (χ3v) is 4.83. The molecule has 1 aromatic rings.